The number of benzene rings is 2. The molecule has 532 valence electrons. The van der Waals surface area contributed by atoms with Crippen LogP contribution in [-0.2, 0) is 91.0 Å². The van der Waals surface area contributed by atoms with Crippen LogP contribution in [0.1, 0.15) is 97.6 Å². The highest BCUT2D eigenvalue weighted by molar-refractivity contribution is 7.85. The molecule has 1 aromatic heterocycles. The number of H-pyrrole nitrogens is 1. The van der Waals surface area contributed by atoms with Gasteiger partial charge < -0.3 is 83.5 Å². The number of aliphatic hydroxyl groups excluding tert-OH is 3. The first kappa shape index (κ1) is 75.9. The minimum atomic E-state index is -2.48. The van der Waals surface area contributed by atoms with Crippen molar-refractivity contribution < 1.29 is 91.4 Å². The number of hydrogen-bond acceptors (Lipinski definition) is 20. The summed E-state index contributed by atoms with van der Waals surface area (Å²) in [6, 6.07) is 0.212. The third-order valence-electron chi connectivity index (χ3n) is 17.5. The topological polar surface area (TPSA) is 495 Å². The fourth-order valence-electron chi connectivity index (χ4n) is 11.6. The summed E-state index contributed by atoms with van der Waals surface area (Å²) in [5.74, 6) is -13.8. The molecule has 16 N–H and O–H groups in total. The average Bonchev–Trinajstić information content (AvgIpc) is 1.60. The first-order valence-corrected chi connectivity index (χ1v) is 33.5. The summed E-state index contributed by atoms with van der Waals surface area (Å²) < 4.78 is 21.4. The van der Waals surface area contributed by atoms with E-state index >= 15 is 9.00 Å². The van der Waals surface area contributed by atoms with Crippen molar-refractivity contribution in [1.82, 2.24) is 62.6 Å². The average molecular weight is 1390 g/mol. The van der Waals surface area contributed by atoms with Crippen molar-refractivity contribution >= 4 is 110 Å². The van der Waals surface area contributed by atoms with Gasteiger partial charge in [0.1, 0.15) is 53.6 Å². The van der Waals surface area contributed by atoms with Crippen LogP contribution in [0.2, 0.25) is 0 Å². The number of aldehydes is 1. The maximum atomic E-state index is 15.2. The summed E-state index contributed by atoms with van der Waals surface area (Å²) >= 11 is 0. The fraction of sp³-hybridized carbons (Fsp3) is 0.531. The Balaban J connectivity index is 1.16. The summed E-state index contributed by atoms with van der Waals surface area (Å²) in [6.45, 7) is 6.52. The molecule has 3 unspecified atom stereocenters. The van der Waals surface area contributed by atoms with Crippen molar-refractivity contribution in [2.24, 2.45) is 23.5 Å². The number of carbonyl (C=O) groups excluding carboxylic acids is 14. The minimum absolute atomic E-state index is 0.0587. The van der Waals surface area contributed by atoms with E-state index in [4.69, 9.17) is 10.5 Å². The highest BCUT2D eigenvalue weighted by atomic mass is 32.2. The second kappa shape index (κ2) is 34.1. The lowest BCUT2D eigenvalue weighted by molar-refractivity contribution is -0.147. The first-order valence-electron chi connectivity index (χ1n) is 32.2. The molecule has 4 aliphatic rings. The monoisotopic (exact) mass is 1390 g/mol. The van der Waals surface area contributed by atoms with Gasteiger partial charge in [0.05, 0.1) is 66.4 Å². The number of nitrogens with two attached hydrogens (primary N) is 1. The number of ether oxygens (including phenoxy) is 1. The predicted molar refractivity (Wildman–Crippen MR) is 349 cm³/mol. The highest BCUT2D eigenvalue weighted by Gasteiger charge is 2.53. The molecule has 0 aliphatic carbocycles. The van der Waals surface area contributed by atoms with Crippen LogP contribution in [-0.4, -0.2) is 216 Å². The zero-order valence-electron chi connectivity index (χ0n) is 55.1. The van der Waals surface area contributed by atoms with Gasteiger partial charge in [-0.25, -0.2) is 0 Å². The molecule has 7 rings (SSSR count). The molecule has 1 saturated heterocycles. The van der Waals surface area contributed by atoms with E-state index in [1.165, 1.54) is 44.2 Å². The molecule has 98 heavy (non-hydrogen) atoms. The Bertz CT molecular complexity index is 3580. The van der Waals surface area contributed by atoms with Gasteiger partial charge in [0.15, 0.2) is 11.9 Å². The number of amides is 13. The number of anilines is 1. The van der Waals surface area contributed by atoms with Gasteiger partial charge in [-0.15, -0.1) is 0 Å². The van der Waals surface area contributed by atoms with Crippen molar-refractivity contribution in [3.63, 3.8) is 0 Å². The normalized spacial score (nSPS) is 24.6. The number of aromatic nitrogens is 1. The maximum Gasteiger partial charge on any atom is 0.253 e. The molecule has 5 heterocycles. The largest absolute Gasteiger partial charge is 0.489 e. The third-order valence-corrected chi connectivity index (χ3v) is 18.9. The standard InChI is InChI=1S/C64H86N14O19S/c1-7-33(4)54-59(92)67-25-49(85)70-45-30-98(96)62-41(22-43(57(90)66-26-50(86)75-54)71-61(94)55(34(5)46(82)28-79)76-64(31-80)24-38(81)27-78(64)63(95)44(23-47(65)83)72-58(45)91)40-17-16-39(21-42(40)73-62)97-29-36-12-14-37(15-13-36)69-56(89)35(6)68-60(93)53(32(2)3)74-48(84)11-9-8-10-20-77-51(87)18-19-52(77)88/h12-19,21,31-35,38,43-46,53-55,73,76,79,81-82H,7-11,20,22-30H2,1-6H3,(H2,65,83)(H,66,90)(H,67,92)(H,68,93)(H,69,89)(H,70,85)(H,71,94)(H,72,91)(H,74,84)(H,75,86)/t33-,34-,35-,38+,43+,44?,45-,46-,53-,54-,55-,64?,98?/m0/s1. The Labute approximate surface area is 565 Å². The lowest BCUT2D eigenvalue weighted by Crippen LogP contribution is -2.69. The zero-order valence-corrected chi connectivity index (χ0v) is 55.9. The van der Waals surface area contributed by atoms with Crippen LogP contribution >= 0.6 is 0 Å². The van der Waals surface area contributed by atoms with Crippen molar-refractivity contribution in [2.45, 2.75) is 165 Å². The van der Waals surface area contributed by atoms with Crippen LogP contribution in [0.25, 0.3) is 10.9 Å². The lowest BCUT2D eigenvalue weighted by Gasteiger charge is -2.41. The van der Waals surface area contributed by atoms with Crippen molar-refractivity contribution in [1.29, 1.82) is 0 Å². The van der Waals surface area contributed by atoms with Crippen LogP contribution in [0.5, 0.6) is 5.75 Å². The quantitative estimate of drug-likeness (QED) is 0.0245. The Morgan fingerprint density at radius 2 is 1.48 bits per heavy atom. The number of nitrogens with one attached hydrogen (secondary N) is 11. The van der Waals surface area contributed by atoms with Crippen LogP contribution in [0.15, 0.2) is 59.6 Å². The Morgan fingerprint density at radius 3 is 2.12 bits per heavy atom. The summed E-state index contributed by atoms with van der Waals surface area (Å²) in [7, 11) is -2.48. The van der Waals surface area contributed by atoms with E-state index in [1.54, 1.807) is 52.0 Å². The van der Waals surface area contributed by atoms with E-state index in [0.29, 0.717) is 36.9 Å². The Kier molecular flexibility index (Phi) is 26.4. The van der Waals surface area contributed by atoms with E-state index in [1.807, 2.05) is 0 Å². The summed E-state index contributed by atoms with van der Waals surface area (Å²) in [5.41, 5.74) is 4.43. The molecule has 3 aromatic rings. The van der Waals surface area contributed by atoms with E-state index < -0.39 is 193 Å². The van der Waals surface area contributed by atoms with Crippen molar-refractivity contribution in [3.8, 4) is 5.75 Å². The van der Waals surface area contributed by atoms with Gasteiger partial charge in [0.25, 0.3) is 11.8 Å². The summed E-state index contributed by atoms with van der Waals surface area (Å²) in [5, 5.41) is 58.2. The number of aromatic amines is 1. The second-order valence-electron chi connectivity index (χ2n) is 25.2. The van der Waals surface area contributed by atoms with E-state index in [9.17, 15) is 77.6 Å². The fourth-order valence-corrected chi connectivity index (χ4v) is 13.0. The Hall–Kier alpha value is -9.51. The molecule has 2 aromatic carbocycles. The van der Waals surface area contributed by atoms with Gasteiger partial charge in [-0.05, 0) is 67.0 Å². The third kappa shape index (κ3) is 19.4. The number of carbonyl (C=O) groups is 14. The number of imide groups is 1. The van der Waals surface area contributed by atoms with Gasteiger partial charge in [-0.1, -0.05) is 59.6 Å². The summed E-state index contributed by atoms with van der Waals surface area (Å²) in [6.07, 6.45) is -0.912. The van der Waals surface area contributed by atoms with Gasteiger partial charge in [-0.3, -0.25) is 81.5 Å². The van der Waals surface area contributed by atoms with Crippen LogP contribution in [0.3, 0.4) is 0 Å². The number of hydrogen-bond donors (Lipinski definition) is 15. The molecule has 33 nitrogen and oxygen atoms in total. The number of nitrogens with zero attached hydrogens (tertiary/aromatic N) is 2. The molecule has 34 heteroatoms. The zero-order chi connectivity index (χ0) is 71.9. The number of fused-ring (bicyclic) bond motifs is 5. The maximum absolute atomic E-state index is 15.2. The molecule has 2 bridgehead atoms. The number of unbranched alkanes of at least 4 members (excludes halogenated alkanes) is 2. The minimum Gasteiger partial charge on any atom is -0.489 e. The van der Waals surface area contributed by atoms with E-state index in [0.717, 1.165) is 9.80 Å². The SMILES string of the molecule is CC[C@H](C)[C@@H]1NC(=O)CNC(=O)[C@H]2Cc3c([nH]c4cc(OCc5ccc(NC(=O)[C@H](C)NC(=O)[C@@H](NC(=O)CCCCCN6C(=O)C=CC6=O)C(C)C)cc5)ccc34)S(=O)C[C@H](NC(=O)CNC1=O)C(=O)NC(CC(N)=O)C(=O)N1C[C@H](O)CC1(C=O)N[C@@H]([C@@H](C)[C@@H](O)CO)C(=O)N2. The number of primary amides is 1. The van der Waals surface area contributed by atoms with Crippen LogP contribution < -0.4 is 63.6 Å². The smallest absolute Gasteiger partial charge is 0.253 e. The first-order chi connectivity index (χ1) is 46.5. The predicted octanol–water partition coefficient (Wildman–Crippen LogP) is -3.98. The van der Waals surface area contributed by atoms with Crippen LogP contribution in [0, 0.1) is 17.8 Å². The molecule has 1 fully saturated rings. The van der Waals surface area contributed by atoms with Gasteiger partial charge in [-0.2, -0.15) is 0 Å². The molecule has 0 saturated carbocycles. The summed E-state index contributed by atoms with van der Waals surface area (Å²) in [4.78, 5) is 195. The lowest BCUT2D eigenvalue weighted by atomic mass is 9.92. The molecule has 0 spiro atoms. The molecule has 13 amide bonds. The number of rotatable bonds is 23. The molecule has 4 aliphatic heterocycles. The van der Waals surface area contributed by atoms with Gasteiger partial charge >= 0.3 is 0 Å². The van der Waals surface area contributed by atoms with Crippen molar-refractivity contribution in [2.75, 3.05) is 43.9 Å². The number of aliphatic hydroxyl groups is 3. The highest BCUT2D eigenvalue weighted by Crippen LogP contribution is 2.33. The molecule has 0 radical (unpaired) electrons. The van der Waals surface area contributed by atoms with Crippen molar-refractivity contribution in [3.05, 3.63) is 65.7 Å². The van der Waals surface area contributed by atoms with Gasteiger partial charge in [0.2, 0.25) is 65.0 Å². The Morgan fingerprint density at radius 1 is 0.806 bits per heavy atom. The molecular weight excluding hydrogens is 1300 g/mol. The second-order valence-corrected chi connectivity index (χ2v) is 26.6. The molecular formula is C64H86N14O19S. The van der Waals surface area contributed by atoms with E-state index in [-0.39, 0.29) is 76.7 Å². The van der Waals surface area contributed by atoms with Crippen LogP contribution in [0.4, 0.5) is 5.69 Å². The van der Waals surface area contributed by atoms with E-state index in [2.05, 4.69) is 58.2 Å². The van der Waals surface area contributed by atoms with Gasteiger partial charge in [0, 0.05) is 67.6 Å². The molecule has 13 atom stereocenters.